The summed E-state index contributed by atoms with van der Waals surface area (Å²) in [5.74, 6) is 3.62. The Balaban J connectivity index is 1.36. The van der Waals surface area contributed by atoms with Gasteiger partial charge in [-0.3, -0.25) is 0 Å². The van der Waals surface area contributed by atoms with Gasteiger partial charge in [-0.1, -0.05) is 105 Å². The van der Waals surface area contributed by atoms with E-state index >= 15 is 0 Å². The van der Waals surface area contributed by atoms with Gasteiger partial charge in [0.25, 0.3) is 0 Å². The fourth-order valence-corrected chi connectivity index (χ4v) is 9.35. The van der Waals surface area contributed by atoms with E-state index in [0.29, 0.717) is 11.8 Å². The molecule has 0 N–H and O–H groups in total. The Kier molecular flexibility index (Phi) is 5.87. The van der Waals surface area contributed by atoms with Gasteiger partial charge in [0.05, 0.1) is 11.2 Å². The molecule has 3 aliphatic carbocycles. The molecule has 4 aromatic carbocycles. The number of benzene rings is 4. The topological polar surface area (TPSA) is 25.8 Å². The zero-order valence-corrected chi connectivity index (χ0v) is 24.5. The lowest BCUT2D eigenvalue weighted by atomic mass is 9.49. The molecular weight excluding hydrogens is 520 g/mol. The standard InChI is InChI=1S/C38H35ClN2/c1-3-24-19-25-18-23(2)38(28(20-24)21-25)31-13-9-14-33(39)35(31)29-17-16-27(22-32(29)38)37-40-34-15-8-7-12-30(34)36(41-37)26-10-5-4-6-11-26/h4-17,22-25,28H,3,18-21H2,1-2H3. The van der Waals surface area contributed by atoms with Gasteiger partial charge in [-0.2, -0.15) is 0 Å². The summed E-state index contributed by atoms with van der Waals surface area (Å²) in [6, 6.07) is 32.5. The molecule has 8 rings (SSSR count). The predicted molar refractivity (Wildman–Crippen MR) is 170 cm³/mol. The van der Waals surface area contributed by atoms with Crippen LogP contribution in [-0.2, 0) is 5.41 Å². The number of hydrogen-bond acceptors (Lipinski definition) is 2. The molecule has 0 aliphatic heterocycles. The summed E-state index contributed by atoms with van der Waals surface area (Å²) in [7, 11) is 0. The maximum absolute atomic E-state index is 7.02. The monoisotopic (exact) mass is 554 g/mol. The molecule has 2 bridgehead atoms. The van der Waals surface area contributed by atoms with E-state index in [1.165, 1.54) is 54.4 Å². The van der Waals surface area contributed by atoms with Gasteiger partial charge in [0.1, 0.15) is 0 Å². The lowest BCUT2D eigenvalue weighted by Gasteiger charge is -2.54. The molecule has 3 aliphatic rings. The van der Waals surface area contributed by atoms with Gasteiger partial charge in [-0.05, 0) is 84.2 Å². The third-order valence-electron chi connectivity index (χ3n) is 10.7. The summed E-state index contributed by atoms with van der Waals surface area (Å²) in [4.78, 5) is 10.4. The smallest absolute Gasteiger partial charge is 0.160 e. The number of nitrogens with zero attached hydrogens (tertiary/aromatic N) is 2. The van der Waals surface area contributed by atoms with E-state index in [1.54, 1.807) is 0 Å². The summed E-state index contributed by atoms with van der Waals surface area (Å²) >= 11 is 7.02. The molecule has 41 heavy (non-hydrogen) atoms. The molecule has 2 saturated carbocycles. The van der Waals surface area contributed by atoms with Crippen LogP contribution in [0.4, 0.5) is 0 Å². The highest BCUT2D eigenvalue weighted by molar-refractivity contribution is 6.34. The van der Waals surface area contributed by atoms with Crippen molar-refractivity contribution in [2.45, 2.75) is 51.4 Å². The van der Waals surface area contributed by atoms with Crippen LogP contribution in [0, 0.1) is 23.7 Å². The summed E-state index contributed by atoms with van der Waals surface area (Å²) in [6.07, 6.45) is 6.59. The van der Waals surface area contributed by atoms with Crippen molar-refractivity contribution < 1.29 is 0 Å². The zero-order valence-electron chi connectivity index (χ0n) is 23.8. The van der Waals surface area contributed by atoms with Crippen LogP contribution in [0.3, 0.4) is 0 Å². The molecule has 3 heteroatoms. The van der Waals surface area contributed by atoms with Gasteiger partial charge in [0, 0.05) is 32.5 Å². The van der Waals surface area contributed by atoms with E-state index in [0.717, 1.165) is 50.4 Å². The molecule has 0 saturated heterocycles. The second-order valence-corrected chi connectivity index (χ2v) is 13.2. The minimum absolute atomic E-state index is 0.0188. The van der Waals surface area contributed by atoms with Crippen molar-refractivity contribution in [2.24, 2.45) is 23.7 Å². The fraction of sp³-hybridized carbons (Fsp3) is 0.316. The van der Waals surface area contributed by atoms with E-state index in [2.05, 4.69) is 105 Å². The first kappa shape index (κ1) is 25.2. The van der Waals surface area contributed by atoms with Crippen molar-refractivity contribution in [3.8, 4) is 33.8 Å². The average Bonchev–Trinajstić information content (AvgIpc) is 3.31. The molecule has 204 valence electrons. The minimum Gasteiger partial charge on any atom is -0.228 e. The Hall–Kier alpha value is -3.49. The summed E-state index contributed by atoms with van der Waals surface area (Å²) in [6.45, 7) is 4.90. The van der Waals surface area contributed by atoms with E-state index in [9.17, 15) is 0 Å². The molecular formula is C38H35ClN2. The van der Waals surface area contributed by atoms with E-state index in [-0.39, 0.29) is 5.41 Å². The predicted octanol–water partition coefficient (Wildman–Crippen LogP) is 10.4. The van der Waals surface area contributed by atoms with Crippen LogP contribution in [-0.4, -0.2) is 9.97 Å². The summed E-state index contributed by atoms with van der Waals surface area (Å²) in [5.41, 5.74) is 9.61. The molecule has 0 radical (unpaired) electrons. The van der Waals surface area contributed by atoms with Crippen LogP contribution in [0.15, 0.2) is 91.0 Å². The van der Waals surface area contributed by atoms with Crippen LogP contribution in [0.25, 0.3) is 44.7 Å². The van der Waals surface area contributed by atoms with Crippen molar-refractivity contribution in [2.75, 3.05) is 0 Å². The maximum atomic E-state index is 7.02. The molecule has 5 atom stereocenters. The molecule has 2 nitrogen and oxygen atoms in total. The zero-order chi connectivity index (χ0) is 27.7. The third kappa shape index (κ3) is 3.69. The number of para-hydroxylation sites is 1. The molecule has 0 amide bonds. The van der Waals surface area contributed by atoms with Crippen molar-refractivity contribution in [1.29, 1.82) is 0 Å². The second-order valence-electron chi connectivity index (χ2n) is 12.8. The van der Waals surface area contributed by atoms with Crippen molar-refractivity contribution in [1.82, 2.24) is 9.97 Å². The molecule has 1 spiro atoms. The minimum atomic E-state index is -0.0188. The highest BCUT2D eigenvalue weighted by Crippen LogP contribution is 2.65. The Morgan fingerprint density at radius 1 is 0.780 bits per heavy atom. The van der Waals surface area contributed by atoms with Crippen LogP contribution < -0.4 is 0 Å². The number of fused-ring (bicyclic) bond motifs is 9. The van der Waals surface area contributed by atoms with Crippen molar-refractivity contribution in [3.05, 3.63) is 107 Å². The Labute approximate surface area is 247 Å². The number of aromatic nitrogens is 2. The fourth-order valence-electron chi connectivity index (χ4n) is 9.07. The highest BCUT2D eigenvalue weighted by Gasteiger charge is 2.57. The van der Waals surface area contributed by atoms with E-state index in [1.807, 2.05) is 0 Å². The normalized spacial score (nSPS) is 26.2. The molecule has 1 heterocycles. The Bertz CT molecular complexity index is 1790. The van der Waals surface area contributed by atoms with E-state index in [4.69, 9.17) is 21.6 Å². The van der Waals surface area contributed by atoms with Crippen molar-refractivity contribution in [3.63, 3.8) is 0 Å². The van der Waals surface area contributed by atoms with Gasteiger partial charge in [-0.15, -0.1) is 0 Å². The molecule has 5 unspecified atom stereocenters. The third-order valence-corrected chi connectivity index (χ3v) is 11.0. The Morgan fingerprint density at radius 2 is 1.61 bits per heavy atom. The van der Waals surface area contributed by atoms with Gasteiger partial charge >= 0.3 is 0 Å². The first-order valence-electron chi connectivity index (χ1n) is 15.3. The van der Waals surface area contributed by atoms with Gasteiger partial charge in [0.2, 0.25) is 0 Å². The van der Waals surface area contributed by atoms with Gasteiger partial charge < -0.3 is 0 Å². The quantitative estimate of drug-likeness (QED) is 0.222. The first-order valence-corrected chi connectivity index (χ1v) is 15.7. The largest absolute Gasteiger partial charge is 0.228 e. The molecule has 5 aromatic rings. The summed E-state index contributed by atoms with van der Waals surface area (Å²) in [5, 5.41) is 1.96. The van der Waals surface area contributed by atoms with Crippen LogP contribution in [0.5, 0.6) is 0 Å². The average molecular weight is 555 g/mol. The molecule has 1 aromatic heterocycles. The van der Waals surface area contributed by atoms with Crippen molar-refractivity contribution >= 4 is 22.5 Å². The number of rotatable bonds is 3. The maximum Gasteiger partial charge on any atom is 0.160 e. The number of hydrogen-bond donors (Lipinski definition) is 0. The van der Waals surface area contributed by atoms with Crippen LogP contribution in [0.1, 0.15) is 57.1 Å². The number of halogens is 1. The van der Waals surface area contributed by atoms with Crippen LogP contribution in [0.2, 0.25) is 5.02 Å². The van der Waals surface area contributed by atoms with Gasteiger partial charge in [-0.25, -0.2) is 9.97 Å². The molecule has 2 fully saturated rings. The Morgan fingerprint density at radius 3 is 2.46 bits per heavy atom. The second kappa shape index (κ2) is 9.53. The van der Waals surface area contributed by atoms with E-state index < -0.39 is 0 Å². The van der Waals surface area contributed by atoms with Crippen LogP contribution >= 0.6 is 11.6 Å². The summed E-state index contributed by atoms with van der Waals surface area (Å²) < 4.78 is 0. The lowest BCUT2D eigenvalue weighted by molar-refractivity contribution is 0.0368. The lowest BCUT2D eigenvalue weighted by Crippen LogP contribution is -2.49. The van der Waals surface area contributed by atoms with Gasteiger partial charge in [0.15, 0.2) is 5.82 Å². The first-order chi connectivity index (χ1) is 20.1. The highest BCUT2D eigenvalue weighted by atomic mass is 35.5. The SMILES string of the molecule is CCC1CC2CC(C)C3(c4cc(-c5nc(-c6ccccc6)c6ccccc6n5)ccc4-c4c(Cl)cccc43)C(C1)C2.